The lowest BCUT2D eigenvalue weighted by Gasteiger charge is -2.08. The zero-order valence-corrected chi connectivity index (χ0v) is 8.47. The van der Waals surface area contributed by atoms with Crippen LogP contribution in [0.15, 0.2) is 35.2 Å². The van der Waals surface area contributed by atoms with Crippen molar-refractivity contribution in [3.63, 3.8) is 0 Å². The molecule has 0 saturated heterocycles. The number of hydrogen-bond donors (Lipinski definition) is 0. The summed E-state index contributed by atoms with van der Waals surface area (Å²) in [7, 11) is 4.21. The van der Waals surface area contributed by atoms with Crippen molar-refractivity contribution in [3.8, 4) is 0 Å². The second kappa shape index (κ2) is 5.22. The lowest BCUT2D eigenvalue weighted by atomic mass is 10.4. The molecule has 0 spiro atoms. The number of hydrogen-bond acceptors (Lipinski definition) is 2. The van der Waals surface area contributed by atoms with Gasteiger partial charge in [0, 0.05) is 17.2 Å². The van der Waals surface area contributed by atoms with Gasteiger partial charge in [0.1, 0.15) is 0 Å². The van der Waals surface area contributed by atoms with Gasteiger partial charge in [0.25, 0.3) is 0 Å². The van der Waals surface area contributed by atoms with Gasteiger partial charge in [0.05, 0.1) is 0 Å². The summed E-state index contributed by atoms with van der Waals surface area (Å²) < 4.78 is 0. The number of thioether (sulfide) groups is 1. The van der Waals surface area contributed by atoms with E-state index in [2.05, 4.69) is 49.3 Å². The minimum absolute atomic E-state index is 1.14. The van der Waals surface area contributed by atoms with Gasteiger partial charge >= 0.3 is 0 Å². The highest BCUT2D eigenvalue weighted by Gasteiger charge is 1.92. The molecule has 0 aliphatic heterocycles. The highest BCUT2D eigenvalue weighted by Crippen LogP contribution is 2.16. The zero-order chi connectivity index (χ0) is 8.81. The molecule has 2 heteroatoms. The zero-order valence-electron chi connectivity index (χ0n) is 7.66. The molecule has 1 aromatic rings. The third-order valence-corrected chi connectivity index (χ3v) is 2.54. The van der Waals surface area contributed by atoms with Gasteiger partial charge in [-0.1, -0.05) is 18.2 Å². The molecule has 0 bridgehead atoms. The molecule has 0 aliphatic rings. The van der Waals surface area contributed by atoms with E-state index in [1.165, 1.54) is 4.90 Å². The predicted molar refractivity (Wildman–Crippen MR) is 55.7 cm³/mol. The van der Waals surface area contributed by atoms with Crippen LogP contribution in [0.4, 0.5) is 0 Å². The summed E-state index contributed by atoms with van der Waals surface area (Å²) in [6, 6.07) is 10.5. The van der Waals surface area contributed by atoms with Gasteiger partial charge < -0.3 is 4.90 Å². The molecule has 0 saturated carbocycles. The van der Waals surface area contributed by atoms with Crippen molar-refractivity contribution in [3.05, 3.63) is 30.3 Å². The first-order chi connectivity index (χ1) is 5.79. The van der Waals surface area contributed by atoms with E-state index in [0.717, 1.165) is 12.3 Å². The normalized spacial score (nSPS) is 10.6. The molecule has 1 aromatic carbocycles. The van der Waals surface area contributed by atoms with Gasteiger partial charge in [0.15, 0.2) is 0 Å². The Morgan fingerprint density at radius 3 is 2.42 bits per heavy atom. The van der Waals surface area contributed by atoms with E-state index < -0.39 is 0 Å². The van der Waals surface area contributed by atoms with Crippen molar-refractivity contribution in [2.24, 2.45) is 0 Å². The predicted octanol–water partition coefficient (Wildman–Crippen LogP) is 2.34. The molecule has 0 unspecified atom stereocenters. The smallest absolute Gasteiger partial charge is 0.0108 e. The van der Waals surface area contributed by atoms with Crippen LogP contribution in [0.2, 0.25) is 0 Å². The number of nitrogens with zero attached hydrogens (tertiary/aromatic N) is 1. The molecular weight excluding hydrogens is 166 g/mol. The van der Waals surface area contributed by atoms with Crippen molar-refractivity contribution in [2.45, 2.75) is 4.90 Å². The average molecular weight is 181 g/mol. The molecule has 0 fully saturated rings. The number of benzene rings is 1. The minimum atomic E-state index is 1.14. The maximum Gasteiger partial charge on any atom is 0.0108 e. The SMILES string of the molecule is CN(C)CCSc1ccccc1. The molecule has 66 valence electrons. The van der Waals surface area contributed by atoms with Crippen molar-refractivity contribution >= 4 is 11.8 Å². The topological polar surface area (TPSA) is 3.24 Å². The molecule has 0 amide bonds. The fourth-order valence-electron chi connectivity index (χ4n) is 0.863. The van der Waals surface area contributed by atoms with E-state index in [4.69, 9.17) is 0 Å². The first kappa shape index (κ1) is 9.62. The summed E-state index contributed by atoms with van der Waals surface area (Å²) in [5.41, 5.74) is 0. The van der Waals surface area contributed by atoms with E-state index in [1.54, 1.807) is 0 Å². The lowest BCUT2D eigenvalue weighted by molar-refractivity contribution is 0.437. The first-order valence-corrected chi connectivity index (χ1v) is 5.10. The Hall–Kier alpha value is -0.470. The maximum atomic E-state index is 2.20. The largest absolute Gasteiger partial charge is 0.309 e. The van der Waals surface area contributed by atoms with Crippen molar-refractivity contribution in [1.29, 1.82) is 0 Å². The number of rotatable bonds is 4. The molecule has 0 radical (unpaired) electrons. The summed E-state index contributed by atoms with van der Waals surface area (Å²) in [5.74, 6) is 1.16. The van der Waals surface area contributed by atoms with Crippen LogP contribution < -0.4 is 0 Å². The summed E-state index contributed by atoms with van der Waals surface area (Å²) in [5, 5.41) is 0. The van der Waals surface area contributed by atoms with E-state index in [1.807, 2.05) is 11.8 Å². The minimum Gasteiger partial charge on any atom is -0.309 e. The lowest BCUT2D eigenvalue weighted by Crippen LogP contribution is -2.14. The van der Waals surface area contributed by atoms with Crippen LogP contribution >= 0.6 is 11.8 Å². The van der Waals surface area contributed by atoms with Gasteiger partial charge in [-0.15, -0.1) is 11.8 Å². The van der Waals surface area contributed by atoms with Gasteiger partial charge in [0.2, 0.25) is 0 Å². The van der Waals surface area contributed by atoms with Crippen molar-refractivity contribution < 1.29 is 0 Å². The Bertz CT molecular complexity index is 208. The van der Waals surface area contributed by atoms with Crippen LogP contribution in [0, 0.1) is 0 Å². The summed E-state index contributed by atoms with van der Waals surface area (Å²) >= 11 is 1.91. The van der Waals surface area contributed by atoms with E-state index in [9.17, 15) is 0 Å². The Balaban J connectivity index is 2.25. The second-order valence-electron chi connectivity index (χ2n) is 2.96. The van der Waals surface area contributed by atoms with E-state index in [0.29, 0.717) is 0 Å². The van der Waals surface area contributed by atoms with Crippen molar-refractivity contribution in [1.82, 2.24) is 4.90 Å². The second-order valence-corrected chi connectivity index (χ2v) is 4.13. The Morgan fingerprint density at radius 2 is 1.83 bits per heavy atom. The summed E-state index contributed by atoms with van der Waals surface area (Å²) in [6.45, 7) is 1.14. The van der Waals surface area contributed by atoms with Crippen LogP contribution in [-0.4, -0.2) is 31.3 Å². The highest BCUT2D eigenvalue weighted by molar-refractivity contribution is 7.99. The Morgan fingerprint density at radius 1 is 1.17 bits per heavy atom. The van der Waals surface area contributed by atoms with Crippen LogP contribution in [0.5, 0.6) is 0 Å². The fourth-order valence-corrected chi connectivity index (χ4v) is 1.90. The first-order valence-electron chi connectivity index (χ1n) is 4.11. The third kappa shape index (κ3) is 3.79. The van der Waals surface area contributed by atoms with E-state index >= 15 is 0 Å². The summed E-state index contributed by atoms with van der Waals surface area (Å²) in [4.78, 5) is 3.56. The molecular formula is C10H15NS. The Labute approximate surface area is 78.8 Å². The molecule has 1 nitrogen and oxygen atoms in total. The molecule has 0 atom stereocenters. The highest BCUT2D eigenvalue weighted by atomic mass is 32.2. The fraction of sp³-hybridized carbons (Fsp3) is 0.400. The van der Waals surface area contributed by atoms with Crippen molar-refractivity contribution in [2.75, 3.05) is 26.4 Å². The van der Waals surface area contributed by atoms with Gasteiger partial charge in [-0.05, 0) is 26.2 Å². The average Bonchev–Trinajstić information content (AvgIpc) is 2.05. The molecule has 0 aromatic heterocycles. The quantitative estimate of drug-likeness (QED) is 0.656. The third-order valence-electron chi connectivity index (χ3n) is 1.55. The molecule has 1 rings (SSSR count). The van der Waals surface area contributed by atoms with Crippen LogP contribution in [0.25, 0.3) is 0 Å². The van der Waals surface area contributed by atoms with Crippen LogP contribution in [0.3, 0.4) is 0 Å². The molecule has 0 N–H and O–H groups in total. The molecule has 12 heavy (non-hydrogen) atoms. The van der Waals surface area contributed by atoms with Crippen LogP contribution in [-0.2, 0) is 0 Å². The van der Waals surface area contributed by atoms with E-state index in [-0.39, 0.29) is 0 Å². The Kier molecular flexibility index (Phi) is 4.19. The summed E-state index contributed by atoms with van der Waals surface area (Å²) in [6.07, 6.45) is 0. The van der Waals surface area contributed by atoms with Gasteiger partial charge in [-0.3, -0.25) is 0 Å². The molecule has 0 heterocycles. The standard InChI is InChI=1S/C10H15NS/c1-11(2)8-9-12-10-6-4-3-5-7-10/h3-7H,8-9H2,1-2H3. The maximum absolute atomic E-state index is 2.20. The van der Waals surface area contributed by atoms with Gasteiger partial charge in [-0.25, -0.2) is 0 Å². The molecule has 0 aliphatic carbocycles. The van der Waals surface area contributed by atoms with Gasteiger partial charge in [-0.2, -0.15) is 0 Å². The monoisotopic (exact) mass is 181 g/mol. The van der Waals surface area contributed by atoms with Crippen LogP contribution in [0.1, 0.15) is 0 Å².